The average molecular weight is 462 g/mol. The van der Waals surface area contributed by atoms with E-state index in [-0.39, 0.29) is 0 Å². The zero-order chi connectivity index (χ0) is 23.1. The van der Waals surface area contributed by atoms with Crippen LogP contribution in [-0.2, 0) is 0 Å². The Balaban J connectivity index is 1.93. The molecule has 0 amide bonds. The van der Waals surface area contributed by atoms with Crippen LogP contribution < -0.4 is 19.9 Å². The van der Waals surface area contributed by atoms with Crippen molar-refractivity contribution in [1.29, 1.82) is 0 Å². The zero-order valence-corrected chi connectivity index (χ0v) is 20.7. The third-order valence-electron chi connectivity index (χ3n) is 5.84. The van der Waals surface area contributed by atoms with Gasteiger partial charge in [-0.2, -0.15) is 15.0 Å². The molecule has 32 heavy (non-hydrogen) atoms. The van der Waals surface area contributed by atoms with Gasteiger partial charge in [0.15, 0.2) is 0 Å². The number of hydrogen-bond donors (Lipinski definition) is 1. The van der Waals surface area contributed by atoms with Gasteiger partial charge in [0.2, 0.25) is 17.8 Å². The van der Waals surface area contributed by atoms with Crippen LogP contribution in [0, 0.1) is 0 Å². The molecule has 0 spiro atoms. The summed E-state index contributed by atoms with van der Waals surface area (Å²) in [6.07, 6.45) is 4.25. The van der Waals surface area contributed by atoms with Gasteiger partial charge in [-0.1, -0.05) is 25.4 Å². The molecule has 1 aliphatic rings. The van der Waals surface area contributed by atoms with E-state index in [2.05, 4.69) is 48.0 Å². The first kappa shape index (κ1) is 24.3. The molecule has 0 saturated carbocycles. The predicted octanol–water partition coefficient (Wildman–Crippen LogP) is 4.43. The van der Waals surface area contributed by atoms with E-state index >= 15 is 0 Å². The molecule has 8 nitrogen and oxygen atoms in total. The molecule has 2 heterocycles. The predicted molar refractivity (Wildman–Crippen MR) is 133 cm³/mol. The normalized spacial score (nSPS) is 14.9. The van der Waals surface area contributed by atoms with Crippen LogP contribution in [0.1, 0.15) is 39.5 Å². The number of piperidine rings is 1. The van der Waals surface area contributed by atoms with E-state index in [4.69, 9.17) is 31.3 Å². The number of anilines is 4. The molecule has 1 N–H and O–H groups in total. The molecule has 2 aromatic rings. The number of halogens is 1. The second kappa shape index (κ2) is 11.5. The molecule has 176 valence electrons. The number of ether oxygens (including phenoxy) is 1. The molecule has 0 atom stereocenters. The number of methoxy groups -OCH3 is 1. The van der Waals surface area contributed by atoms with Gasteiger partial charge < -0.3 is 24.8 Å². The van der Waals surface area contributed by atoms with Crippen molar-refractivity contribution in [1.82, 2.24) is 19.9 Å². The van der Waals surface area contributed by atoms with Gasteiger partial charge >= 0.3 is 0 Å². The lowest BCUT2D eigenvalue weighted by atomic mass is 10.0. The Morgan fingerprint density at radius 1 is 1.09 bits per heavy atom. The largest absolute Gasteiger partial charge is 0.495 e. The van der Waals surface area contributed by atoms with Crippen molar-refractivity contribution in [3.05, 3.63) is 23.2 Å². The summed E-state index contributed by atoms with van der Waals surface area (Å²) in [4.78, 5) is 21.2. The summed E-state index contributed by atoms with van der Waals surface area (Å²) < 4.78 is 5.26. The van der Waals surface area contributed by atoms with Crippen LogP contribution in [0.3, 0.4) is 0 Å². The van der Waals surface area contributed by atoms with Gasteiger partial charge in [-0.3, -0.25) is 0 Å². The van der Waals surface area contributed by atoms with E-state index in [9.17, 15) is 0 Å². The van der Waals surface area contributed by atoms with Crippen molar-refractivity contribution in [2.24, 2.45) is 0 Å². The molecule has 0 aliphatic carbocycles. The quantitative estimate of drug-likeness (QED) is 0.557. The third-order valence-corrected chi connectivity index (χ3v) is 6.14. The summed E-state index contributed by atoms with van der Waals surface area (Å²) in [7, 11) is 5.87. The first-order valence-electron chi connectivity index (χ1n) is 11.5. The van der Waals surface area contributed by atoms with E-state index < -0.39 is 0 Å². The number of likely N-dealkylation sites (tertiary alicyclic amines) is 1. The maximum atomic E-state index is 6.32. The van der Waals surface area contributed by atoms with Crippen LogP contribution in [-0.4, -0.2) is 73.3 Å². The summed E-state index contributed by atoms with van der Waals surface area (Å²) in [5.41, 5.74) is 0.804. The molecular weight excluding hydrogens is 426 g/mol. The highest BCUT2D eigenvalue weighted by Gasteiger charge is 2.24. The molecule has 0 radical (unpaired) electrons. The molecule has 0 bridgehead atoms. The Hall–Kier alpha value is -2.32. The van der Waals surface area contributed by atoms with Crippen LogP contribution in [0.4, 0.5) is 23.5 Å². The third kappa shape index (κ3) is 6.13. The fourth-order valence-corrected chi connectivity index (χ4v) is 4.24. The summed E-state index contributed by atoms with van der Waals surface area (Å²) in [5.74, 6) is 2.56. The van der Waals surface area contributed by atoms with Gasteiger partial charge in [-0.25, -0.2) is 0 Å². The minimum Gasteiger partial charge on any atom is -0.495 e. The van der Waals surface area contributed by atoms with Crippen LogP contribution in [0.5, 0.6) is 5.75 Å². The van der Waals surface area contributed by atoms with Crippen molar-refractivity contribution in [3.63, 3.8) is 0 Å². The van der Waals surface area contributed by atoms with Crippen molar-refractivity contribution < 1.29 is 4.74 Å². The highest BCUT2D eigenvalue weighted by Crippen LogP contribution is 2.29. The van der Waals surface area contributed by atoms with Gasteiger partial charge in [0.05, 0.1) is 12.1 Å². The second-order valence-electron chi connectivity index (χ2n) is 8.37. The molecule has 0 unspecified atom stereocenters. The van der Waals surface area contributed by atoms with Gasteiger partial charge in [-0.05, 0) is 64.0 Å². The fourth-order valence-electron chi connectivity index (χ4n) is 3.98. The topological polar surface area (TPSA) is 69.7 Å². The van der Waals surface area contributed by atoms with Crippen LogP contribution in [0.25, 0.3) is 0 Å². The van der Waals surface area contributed by atoms with Crippen LogP contribution in [0.2, 0.25) is 5.02 Å². The van der Waals surface area contributed by atoms with E-state index in [1.807, 2.05) is 18.2 Å². The first-order valence-corrected chi connectivity index (χ1v) is 11.9. The minimum absolute atomic E-state index is 0.413. The lowest BCUT2D eigenvalue weighted by molar-refractivity contribution is 0.252. The van der Waals surface area contributed by atoms with Crippen LogP contribution >= 0.6 is 11.6 Å². The van der Waals surface area contributed by atoms with E-state index in [0.29, 0.717) is 34.7 Å². The number of aromatic nitrogens is 3. The van der Waals surface area contributed by atoms with Gasteiger partial charge in [0.25, 0.3) is 0 Å². The van der Waals surface area contributed by atoms with E-state index in [1.165, 1.54) is 0 Å². The molecule has 1 aliphatic heterocycles. The Bertz CT molecular complexity index is 867. The van der Waals surface area contributed by atoms with E-state index in [1.54, 1.807) is 7.11 Å². The number of hydrogen-bond acceptors (Lipinski definition) is 8. The summed E-state index contributed by atoms with van der Waals surface area (Å²) in [6.45, 7) is 8.33. The van der Waals surface area contributed by atoms with E-state index in [0.717, 1.165) is 57.5 Å². The highest BCUT2D eigenvalue weighted by molar-refractivity contribution is 6.32. The molecule has 1 fully saturated rings. The molecule has 1 saturated heterocycles. The molecular formula is C23H36ClN7O. The Labute approximate surface area is 196 Å². The molecule has 1 aromatic heterocycles. The smallest absolute Gasteiger partial charge is 0.233 e. The monoisotopic (exact) mass is 461 g/mol. The SMILES string of the molecule is CCCN(CCC)c1nc(Nc2ccc(OC)c(Cl)c2)nc(N(C)C2CCN(C)CC2)n1. The maximum absolute atomic E-state index is 6.32. The van der Waals surface area contributed by atoms with Gasteiger partial charge in [-0.15, -0.1) is 0 Å². The minimum atomic E-state index is 0.413. The number of rotatable bonds is 10. The van der Waals surface area contributed by atoms with Crippen molar-refractivity contribution in [3.8, 4) is 5.75 Å². The summed E-state index contributed by atoms with van der Waals surface area (Å²) in [6, 6.07) is 5.97. The second-order valence-corrected chi connectivity index (χ2v) is 8.77. The molecule has 9 heteroatoms. The zero-order valence-electron chi connectivity index (χ0n) is 19.9. The van der Waals surface area contributed by atoms with Crippen molar-refractivity contribution in [2.45, 2.75) is 45.6 Å². The van der Waals surface area contributed by atoms with Gasteiger partial charge in [0, 0.05) is 31.9 Å². The average Bonchev–Trinajstić information content (AvgIpc) is 2.79. The number of nitrogens with one attached hydrogen (secondary N) is 1. The van der Waals surface area contributed by atoms with Crippen molar-refractivity contribution in [2.75, 3.05) is 62.5 Å². The standard InChI is InChI=1S/C23H36ClN7O/c1-6-12-31(13-7-2)23-27-21(25-17-8-9-20(32-5)19(24)16-17)26-22(28-23)30(4)18-10-14-29(3)15-11-18/h8-9,16,18H,6-7,10-15H2,1-5H3,(H,25,26,27,28). The van der Waals surface area contributed by atoms with Gasteiger partial charge in [0.1, 0.15) is 5.75 Å². The summed E-state index contributed by atoms with van der Waals surface area (Å²) in [5, 5.41) is 3.85. The Morgan fingerprint density at radius 2 is 1.75 bits per heavy atom. The summed E-state index contributed by atoms with van der Waals surface area (Å²) >= 11 is 6.32. The number of benzene rings is 1. The lowest BCUT2D eigenvalue weighted by Gasteiger charge is -2.35. The molecule has 3 rings (SSSR count). The fraction of sp³-hybridized carbons (Fsp3) is 0.609. The Morgan fingerprint density at radius 3 is 2.34 bits per heavy atom. The number of nitrogens with zero attached hydrogens (tertiary/aromatic N) is 6. The highest BCUT2D eigenvalue weighted by atomic mass is 35.5. The maximum Gasteiger partial charge on any atom is 0.233 e. The molecule has 1 aromatic carbocycles. The lowest BCUT2D eigenvalue weighted by Crippen LogP contribution is -2.42. The first-order chi connectivity index (χ1) is 15.4. The van der Waals surface area contributed by atoms with Crippen LogP contribution in [0.15, 0.2) is 18.2 Å². The Kier molecular flexibility index (Phi) is 8.75. The van der Waals surface area contributed by atoms with Crippen molar-refractivity contribution >= 4 is 35.1 Å².